The Morgan fingerprint density at radius 1 is 1.30 bits per heavy atom. The molecule has 0 amide bonds. The molecule has 2 saturated carbocycles. The van der Waals surface area contributed by atoms with Gasteiger partial charge in [-0.3, -0.25) is 0 Å². The molecular weight excluding hydrogens is 286 g/mol. The lowest BCUT2D eigenvalue weighted by atomic mass is 9.82. The molecule has 23 heavy (non-hydrogen) atoms. The zero-order valence-corrected chi connectivity index (χ0v) is 14.3. The molecule has 0 radical (unpaired) electrons. The lowest BCUT2D eigenvalue weighted by molar-refractivity contribution is -0.0192. The average molecular weight is 315 g/mol. The number of aliphatic imine (C=N–C) groups is 1. The fourth-order valence-corrected chi connectivity index (χ4v) is 4.22. The molecule has 2 aliphatic carbocycles. The molecule has 0 aliphatic heterocycles. The van der Waals surface area contributed by atoms with Crippen molar-refractivity contribution in [3.05, 3.63) is 35.9 Å². The van der Waals surface area contributed by atoms with Gasteiger partial charge in [-0.25, -0.2) is 4.99 Å². The van der Waals surface area contributed by atoms with Gasteiger partial charge in [0.25, 0.3) is 0 Å². The number of nitrogens with one attached hydrogen (secondary N) is 1. The van der Waals surface area contributed by atoms with Crippen molar-refractivity contribution in [3.63, 3.8) is 0 Å². The van der Waals surface area contributed by atoms with Gasteiger partial charge in [0, 0.05) is 20.6 Å². The van der Waals surface area contributed by atoms with Gasteiger partial charge in [0.2, 0.25) is 0 Å². The molecule has 0 saturated heterocycles. The Kier molecular flexibility index (Phi) is 4.90. The summed E-state index contributed by atoms with van der Waals surface area (Å²) in [6, 6.07) is 10.3. The highest BCUT2D eigenvalue weighted by molar-refractivity contribution is 5.79. The summed E-state index contributed by atoms with van der Waals surface area (Å²) in [7, 11) is 4.01. The predicted octanol–water partition coefficient (Wildman–Crippen LogP) is 2.64. The van der Waals surface area contributed by atoms with Crippen LogP contribution in [-0.2, 0) is 6.54 Å². The summed E-state index contributed by atoms with van der Waals surface area (Å²) in [4.78, 5) is 6.69. The Hall–Kier alpha value is -1.55. The van der Waals surface area contributed by atoms with Crippen LogP contribution in [0, 0.1) is 11.8 Å². The number of rotatable bonds is 5. The zero-order chi connectivity index (χ0) is 16.3. The zero-order valence-electron chi connectivity index (χ0n) is 14.3. The first-order valence-electron chi connectivity index (χ1n) is 8.79. The second kappa shape index (κ2) is 6.91. The van der Waals surface area contributed by atoms with Crippen molar-refractivity contribution < 1.29 is 5.11 Å². The van der Waals surface area contributed by atoms with E-state index in [-0.39, 0.29) is 0 Å². The summed E-state index contributed by atoms with van der Waals surface area (Å²) in [6.45, 7) is 1.46. The van der Waals surface area contributed by atoms with Crippen LogP contribution in [0.3, 0.4) is 0 Å². The highest BCUT2D eigenvalue weighted by Gasteiger charge is 2.49. The van der Waals surface area contributed by atoms with Crippen LogP contribution in [0.4, 0.5) is 0 Å². The van der Waals surface area contributed by atoms with Crippen molar-refractivity contribution in [3.8, 4) is 0 Å². The summed E-state index contributed by atoms with van der Waals surface area (Å²) < 4.78 is 0. The first-order chi connectivity index (χ1) is 11.1. The minimum absolute atomic E-state index is 0.438. The van der Waals surface area contributed by atoms with Gasteiger partial charge in [0.15, 0.2) is 5.96 Å². The first-order valence-corrected chi connectivity index (χ1v) is 8.79. The standard InChI is InChI=1S/C19H29N3O/c1-22(2)18(21-14-15-6-4-3-5-7-15)20-11-10-19(23)13-16-8-9-17(19)12-16/h3-7,16-17,23H,8-14H2,1-2H3,(H,20,21). The fourth-order valence-electron chi connectivity index (χ4n) is 4.22. The minimum atomic E-state index is -0.438. The molecule has 1 aromatic carbocycles. The molecule has 2 fully saturated rings. The van der Waals surface area contributed by atoms with E-state index in [9.17, 15) is 5.11 Å². The van der Waals surface area contributed by atoms with Crippen molar-refractivity contribution in [2.45, 2.75) is 44.2 Å². The van der Waals surface area contributed by atoms with Gasteiger partial charge in [0.05, 0.1) is 12.1 Å². The lowest BCUT2D eigenvalue weighted by Crippen LogP contribution is -2.42. The van der Waals surface area contributed by atoms with E-state index >= 15 is 0 Å². The van der Waals surface area contributed by atoms with Crippen LogP contribution >= 0.6 is 0 Å². The van der Waals surface area contributed by atoms with E-state index in [0.717, 1.165) is 31.3 Å². The van der Waals surface area contributed by atoms with Crippen molar-refractivity contribution >= 4 is 5.96 Å². The molecule has 2 aliphatic rings. The lowest BCUT2D eigenvalue weighted by Gasteiger charge is -2.33. The third kappa shape index (κ3) is 3.86. The third-order valence-corrected chi connectivity index (χ3v) is 5.46. The molecule has 1 aromatic rings. The van der Waals surface area contributed by atoms with Crippen LogP contribution < -0.4 is 5.32 Å². The monoisotopic (exact) mass is 315 g/mol. The number of nitrogens with zero attached hydrogens (tertiary/aromatic N) is 2. The molecule has 4 nitrogen and oxygen atoms in total. The Morgan fingerprint density at radius 3 is 2.70 bits per heavy atom. The molecule has 126 valence electrons. The Morgan fingerprint density at radius 2 is 2.09 bits per heavy atom. The van der Waals surface area contributed by atoms with Gasteiger partial charge in [-0.15, -0.1) is 0 Å². The minimum Gasteiger partial charge on any atom is -0.390 e. The van der Waals surface area contributed by atoms with Crippen LogP contribution in [0.5, 0.6) is 0 Å². The number of hydrogen-bond donors (Lipinski definition) is 2. The van der Waals surface area contributed by atoms with Gasteiger partial charge < -0.3 is 15.3 Å². The van der Waals surface area contributed by atoms with E-state index in [1.54, 1.807) is 0 Å². The highest BCUT2D eigenvalue weighted by atomic mass is 16.3. The maximum atomic E-state index is 10.8. The maximum Gasteiger partial charge on any atom is 0.193 e. The van der Waals surface area contributed by atoms with Crippen LogP contribution in [0.25, 0.3) is 0 Å². The fraction of sp³-hybridized carbons (Fsp3) is 0.632. The Bertz CT molecular complexity index is 543. The molecule has 3 atom stereocenters. The quantitative estimate of drug-likeness (QED) is 0.649. The number of hydrogen-bond acceptors (Lipinski definition) is 2. The first kappa shape index (κ1) is 16.3. The molecule has 2 N–H and O–H groups in total. The summed E-state index contributed by atoms with van der Waals surface area (Å²) in [5, 5.41) is 14.3. The van der Waals surface area contributed by atoms with Crippen LogP contribution in [-0.4, -0.2) is 42.2 Å². The summed E-state index contributed by atoms with van der Waals surface area (Å²) in [5.41, 5.74) is 0.771. The van der Waals surface area contributed by atoms with E-state index in [2.05, 4.69) is 22.4 Å². The summed E-state index contributed by atoms with van der Waals surface area (Å²) >= 11 is 0. The third-order valence-electron chi connectivity index (χ3n) is 5.46. The molecule has 0 heterocycles. The van der Waals surface area contributed by atoms with E-state index in [0.29, 0.717) is 12.5 Å². The maximum absolute atomic E-state index is 10.8. The van der Waals surface area contributed by atoms with Gasteiger partial charge in [-0.05, 0) is 49.5 Å². The summed E-state index contributed by atoms with van der Waals surface area (Å²) in [5.74, 6) is 2.18. The number of aliphatic hydroxyl groups is 1. The van der Waals surface area contributed by atoms with Gasteiger partial charge >= 0.3 is 0 Å². The van der Waals surface area contributed by atoms with Gasteiger partial charge in [0.1, 0.15) is 0 Å². The molecule has 4 heteroatoms. The summed E-state index contributed by atoms with van der Waals surface area (Å²) in [6.07, 6.45) is 5.59. The van der Waals surface area contributed by atoms with Crippen LogP contribution in [0.2, 0.25) is 0 Å². The van der Waals surface area contributed by atoms with E-state index in [4.69, 9.17) is 0 Å². The topological polar surface area (TPSA) is 47.9 Å². The van der Waals surface area contributed by atoms with Crippen LogP contribution in [0.1, 0.15) is 37.7 Å². The largest absolute Gasteiger partial charge is 0.390 e. The van der Waals surface area contributed by atoms with Crippen molar-refractivity contribution in [1.29, 1.82) is 0 Å². The molecule has 3 unspecified atom stereocenters. The normalized spacial score (nSPS) is 29.8. The van der Waals surface area contributed by atoms with E-state index in [1.165, 1.54) is 24.8 Å². The Balaban J connectivity index is 1.52. The highest BCUT2D eigenvalue weighted by Crippen LogP contribution is 2.51. The van der Waals surface area contributed by atoms with Gasteiger partial charge in [-0.2, -0.15) is 0 Å². The SMILES string of the molecule is CN(C)C(=NCc1ccccc1)NCCC1(O)CC2CCC1C2. The van der Waals surface area contributed by atoms with E-state index in [1.807, 2.05) is 37.2 Å². The van der Waals surface area contributed by atoms with Crippen molar-refractivity contribution in [2.75, 3.05) is 20.6 Å². The smallest absolute Gasteiger partial charge is 0.193 e. The van der Waals surface area contributed by atoms with E-state index < -0.39 is 5.60 Å². The average Bonchev–Trinajstić information content (AvgIpc) is 3.12. The predicted molar refractivity (Wildman–Crippen MR) is 94.3 cm³/mol. The van der Waals surface area contributed by atoms with Gasteiger partial charge in [-0.1, -0.05) is 30.3 Å². The molecular formula is C19H29N3O. The molecule has 2 bridgehead atoms. The molecule has 0 spiro atoms. The van der Waals surface area contributed by atoms with Crippen molar-refractivity contribution in [2.24, 2.45) is 16.8 Å². The molecule has 0 aromatic heterocycles. The Labute approximate surface area is 139 Å². The van der Waals surface area contributed by atoms with Crippen molar-refractivity contribution in [1.82, 2.24) is 10.2 Å². The molecule has 3 rings (SSSR count). The number of benzene rings is 1. The second-order valence-corrected chi connectivity index (χ2v) is 7.38. The van der Waals surface area contributed by atoms with Crippen LogP contribution in [0.15, 0.2) is 35.3 Å². The number of guanidine groups is 1. The second-order valence-electron chi connectivity index (χ2n) is 7.38. The number of fused-ring (bicyclic) bond motifs is 2.